The first-order valence-electron chi connectivity index (χ1n) is 7.32. The van der Waals surface area contributed by atoms with E-state index in [0.717, 1.165) is 22.3 Å². The van der Waals surface area contributed by atoms with Gasteiger partial charge in [-0.25, -0.2) is 0 Å². The Morgan fingerprint density at radius 2 is 1.77 bits per heavy atom. The van der Waals surface area contributed by atoms with Crippen molar-refractivity contribution in [2.45, 2.75) is 5.60 Å². The summed E-state index contributed by atoms with van der Waals surface area (Å²) in [6.45, 7) is 0.301. The summed E-state index contributed by atoms with van der Waals surface area (Å²) in [7, 11) is 0. The van der Waals surface area contributed by atoms with Gasteiger partial charge in [0.2, 0.25) is 0 Å². The molecule has 0 unspecified atom stereocenters. The van der Waals surface area contributed by atoms with Crippen LogP contribution in [0.15, 0.2) is 42.5 Å². The Morgan fingerprint density at radius 1 is 1.09 bits per heavy atom. The molecule has 0 saturated carbocycles. The number of aliphatic hydroxyl groups is 1. The van der Waals surface area contributed by atoms with Gasteiger partial charge in [0.25, 0.3) is 5.91 Å². The van der Waals surface area contributed by atoms with Gasteiger partial charge in [-0.05, 0) is 16.8 Å². The van der Waals surface area contributed by atoms with Gasteiger partial charge in [0.1, 0.15) is 0 Å². The van der Waals surface area contributed by atoms with E-state index in [0.29, 0.717) is 23.6 Å². The highest BCUT2D eigenvalue weighted by molar-refractivity contribution is 8.03. The number of benzene rings is 2. The number of amides is 1. The zero-order valence-corrected chi connectivity index (χ0v) is 13.9. The molecule has 1 heterocycles. The maximum atomic E-state index is 12.5. The van der Waals surface area contributed by atoms with E-state index in [2.05, 4.69) is 5.32 Å². The number of carbonyl (C=O) groups excluding carboxylic acids is 1. The Morgan fingerprint density at radius 3 is 2.55 bits per heavy atom. The van der Waals surface area contributed by atoms with E-state index in [1.165, 1.54) is 0 Å². The minimum absolute atomic E-state index is 0.121. The molecule has 1 fully saturated rings. The average molecular weight is 333 g/mol. The van der Waals surface area contributed by atoms with Crippen LogP contribution in [0.4, 0.5) is 0 Å². The van der Waals surface area contributed by atoms with E-state index in [1.807, 2.05) is 42.5 Å². The van der Waals surface area contributed by atoms with Crippen LogP contribution < -0.4 is 5.32 Å². The van der Waals surface area contributed by atoms with Crippen molar-refractivity contribution in [3.63, 3.8) is 0 Å². The van der Waals surface area contributed by atoms with Crippen molar-refractivity contribution in [2.75, 3.05) is 29.6 Å². The third kappa shape index (κ3) is 3.59. The lowest BCUT2D eigenvalue weighted by molar-refractivity contribution is 0.0754. The number of hydrogen-bond acceptors (Lipinski definition) is 4. The molecule has 1 aliphatic heterocycles. The third-order valence-electron chi connectivity index (χ3n) is 3.73. The molecule has 2 aromatic carbocycles. The number of fused-ring (bicyclic) bond motifs is 1. The van der Waals surface area contributed by atoms with Crippen LogP contribution in [0.3, 0.4) is 0 Å². The fourth-order valence-corrected chi connectivity index (χ4v) is 5.08. The summed E-state index contributed by atoms with van der Waals surface area (Å²) in [4.78, 5) is 12.5. The Kier molecular flexibility index (Phi) is 4.96. The molecule has 116 valence electrons. The largest absolute Gasteiger partial charge is 0.386 e. The Labute approximate surface area is 138 Å². The number of thioether (sulfide) groups is 2. The fourth-order valence-electron chi connectivity index (χ4n) is 2.55. The van der Waals surface area contributed by atoms with E-state index in [-0.39, 0.29) is 5.91 Å². The Hall–Kier alpha value is -1.17. The van der Waals surface area contributed by atoms with Crippen molar-refractivity contribution >= 4 is 40.2 Å². The van der Waals surface area contributed by atoms with Crippen molar-refractivity contribution in [2.24, 2.45) is 0 Å². The lowest BCUT2D eigenvalue weighted by Crippen LogP contribution is -2.46. The summed E-state index contributed by atoms with van der Waals surface area (Å²) in [6, 6.07) is 13.6. The highest BCUT2D eigenvalue weighted by Crippen LogP contribution is 2.24. The maximum Gasteiger partial charge on any atom is 0.252 e. The molecule has 2 N–H and O–H groups in total. The summed E-state index contributed by atoms with van der Waals surface area (Å²) in [5.41, 5.74) is -0.151. The molecule has 5 heteroatoms. The predicted molar refractivity (Wildman–Crippen MR) is 95.9 cm³/mol. The van der Waals surface area contributed by atoms with Gasteiger partial charge in [-0.2, -0.15) is 23.5 Å². The zero-order valence-electron chi connectivity index (χ0n) is 12.2. The lowest BCUT2D eigenvalue weighted by Gasteiger charge is -2.25. The summed E-state index contributed by atoms with van der Waals surface area (Å²) in [5, 5.41) is 15.5. The number of hydrogen-bond donors (Lipinski definition) is 2. The van der Waals surface area contributed by atoms with Gasteiger partial charge < -0.3 is 10.4 Å². The maximum absolute atomic E-state index is 12.5. The molecule has 0 aliphatic carbocycles. The van der Waals surface area contributed by atoms with E-state index in [1.54, 1.807) is 23.5 Å². The van der Waals surface area contributed by atoms with Crippen LogP contribution in [0.1, 0.15) is 10.4 Å². The number of nitrogens with one attached hydrogen (secondary N) is 1. The molecule has 2 aromatic rings. The second-order valence-corrected chi connectivity index (χ2v) is 7.75. The molecule has 0 spiro atoms. The van der Waals surface area contributed by atoms with Crippen LogP contribution in [-0.4, -0.2) is 46.2 Å². The number of rotatable bonds is 3. The van der Waals surface area contributed by atoms with Gasteiger partial charge >= 0.3 is 0 Å². The molecular formula is C17H19NO2S2. The standard InChI is InChI=1S/C17H19NO2S2/c19-16(18-10-17(20)11-21-8-9-22-12-17)15-7-3-5-13-4-1-2-6-14(13)15/h1-7,20H,8-12H2,(H,18,19). The quantitative estimate of drug-likeness (QED) is 0.907. The molecular weight excluding hydrogens is 314 g/mol. The zero-order chi connectivity index (χ0) is 15.4. The number of carbonyl (C=O) groups is 1. The first-order valence-corrected chi connectivity index (χ1v) is 9.63. The van der Waals surface area contributed by atoms with E-state index in [9.17, 15) is 9.90 Å². The highest BCUT2D eigenvalue weighted by atomic mass is 32.2. The molecule has 0 radical (unpaired) electrons. The van der Waals surface area contributed by atoms with Crippen molar-refractivity contribution in [1.29, 1.82) is 0 Å². The molecule has 3 rings (SSSR count). The van der Waals surface area contributed by atoms with Crippen LogP contribution in [0.2, 0.25) is 0 Å². The van der Waals surface area contributed by atoms with E-state index >= 15 is 0 Å². The summed E-state index contributed by atoms with van der Waals surface area (Å²) >= 11 is 3.50. The van der Waals surface area contributed by atoms with Crippen LogP contribution in [0.25, 0.3) is 10.8 Å². The molecule has 3 nitrogen and oxygen atoms in total. The molecule has 0 atom stereocenters. The Bertz CT molecular complexity index is 661. The van der Waals surface area contributed by atoms with Crippen molar-refractivity contribution in [3.8, 4) is 0 Å². The third-order valence-corrected chi connectivity index (χ3v) is 6.45. The smallest absolute Gasteiger partial charge is 0.252 e. The van der Waals surface area contributed by atoms with Gasteiger partial charge in [-0.3, -0.25) is 4.79 Å². The fraction of sp³-hybridized carbons (Fsp3) is 0.353. The molecule has 1 saturated heterocycles. The van der Waals surface area contributed by atoms with Gasteiger partial charge in [-0.1, -0.05) is 36.4 Å². The first kappa shape index (κ1) is 15.7. The monoisotopic (exact) mass is 333 g/mol. The first-order chi connectivity index (χ1) is 10.7. The van der Waals surface area contributed by atoms with E-state index in [4.69, 9.17) is 0 Å². The summed E-state index contributed by atoms with van der Waals surface area (Å²) in [5.74, 6) is 3.35. The van der Waals surface area contributed by atoms with Crippen LogP contribution in [-0.2, 0) is 0 Å². The van der Waals surface area contributed by atoms with E-state index < -0.39 is 5.60 Å². The highest BCUT2D eigenvalue weighted by Gasteiger charge is 2.29. The second kappa shape index (κ2) is 6.94. The summed E-state index contributed by atoms with van der Waals surface area (Å²) < 4.78 is 0. The van der Waals surface area contributed by atoms with Crippen LogP contribution in [0.5, 0.6) is 0 Å². The van der Waals surface area contributed by atoms with Gasteiger partial charge in [0.15, 0.2) is 0 Å². The normalized spacial score (nSPS) is 17.9. The van der Waals surface area contributed by atoms with Gasteiger partial charge in [0, 0.05) is 35.1 Å². The molecule has 1 amide bonds. The van der Waals surface area contributed by atoms with Gasteiger partial charge in [0.05, 0.1) is 5.60 Å². The lowest BCUT2D eigenvalue weighted by atomic mass is 10.0. The van der Waals surface area contributed by atoms with Crippen LogP contribution >= 0.6 is 23.5 Å². The SMILES string of the molecule is O=C(NCC1(O)CSCCSC1)c1cccc2ccccc12. The predicted octanol–water partition coefficient (Wildman–Crippen LogP) is 2.78. The minimum atomic E-state index is -0.813. The Balaban J connectivity index is 1.73. The van der Waals surface area contributed by atoms with Crippen molar-refractivity contribution < 1.29 is 9.90 Å². The van der Waals surface area contributed by atoms with Crippen LogP contribution in [0, 0.1) is 0 Å². The van der Waals surface area contributed by atoms with Crippen molar-refractivity contribution in [1.82, 2.24) is 5.32 Å². The second-order valence-electron chi connectivity index (χ2n) is 5.54. The minimum Gasteiger partial charge on any atom is -0.386 e. The molecule has 0 bridgehead atoms. The van der Waals surface area contributed by atoms with Crippen molar-refractivity contribution in [3.05, 3.63) is 48.0 Å². The molecule has 0 aromatic heterocycles. The topological polar surface area (TPSA) is 49.3 Å². The molecule has 22 heavy (non-hydrogen) atoms. The average Bonchev–Trinajstić information content (AvgIpc) is 2.77. The van der Waals surface area contributed by atoms with Gasteiger partial charge in [-0.15, -0.1) is 0 Å². The molecule has 1 aliphatic rings. The summed E-state index contributed by atoms with van der Waals surface area (Å²) in [6.07, 6.45) is 0.